The van der Waals surface area contributed by atoms with E-state index in [1.54, 1.807) is 6.92 Å². The standard InChI is InChI=1S/C19H22N2O5S/c1-14(16-7-5-4-6-8-16)26-19(23)13-21(3)27(24,25)18-11-9-17(10-12-18)20-15(2)22/h4-12,14H,13H2,1-3H3,(H,20,22)/t14-/m0/s1. The molecule has 2 aromatic carbocycles. The highest BCUT2D eigenvalue weighted by Gasteiger charge is 2.24. The largest absolute Gasteiger partial charge is 0.457 e. The van der Waals surface area contributed by atoms with Gasteiger partial charge in [-0.1, -0.05) is 30.3 Å². The zero-order valence-corrected chi connectivity index (χ0v) is 16.2. The van der Waals surface area contributed by atoms with Crippen LogP contribution < -0.4 is 5.32 Å². The number of nitrogens with one attached hydrogen (secondary N) is 1. The van der Waals surface area contributed by atoms with Crippen molar-refractivity contribution in [1.82, 2.24) is 4.31 Å². The average molecular weight is 390 g/mol. The number of likely N-dealkylation sites (N-methyl/N-ethyl adjacent to an activating group) is 1. The normalized spacial score (nSPS) is 12.4. The first-order valence-corrected chi connectivity index (χ1v) is 9.72. The van der Waals surface area contributed by atoms with Gasteiger partial charge in [-0.15, -0.1) is 0 Å². The zero-order chi connectivity index (χ0) is 20.0. The number of esters is 1. The molecule has 0 saturated heterocycles. The van der Waals surface area contributed by atoms with Crippen LogP contribution in [0.15, 0.2) is 59.5 Å². The molecule has 144 valence electrons. The molecule has 0 saturated carbocycles. The lowest BCUT2D eigenvalue weighted by molar-refractivity contribution is -0.148. The number of hydrogen-bond acceptors (Lipinski definition) is 5. The van der Waals surface area contributed by atoms with Gasteiger partial charge in [0, 0.05) is 19.7 Å². The highest BCUT2D eigenvalue weighted by Crippen LogP contribution is 2.19. The van der Waals surface area contributed by atoms with Crippen molar-refractivity contribution in [3.8, 4) is 0 Å². The van der Waals surface area contributed by atoms with Gasteiger partial charge in [0.2, 0.25) is 15.9 Å². The van der Waals surface area contributed by atoms with Crippen LogP contribution in [0.5, 0.6) is 0 Å². The number of hydrogen-bond donors (Lipinski definition) is 1. The van der Waals surface area contributed by atoms with Crippen LogP contribution in [0.3, 0.4) is 0 Å². The first-order valence-electron chi connectivity index (χ1n) is 8.28. The number of anilines is 1. The fourth-order valence-corrected chi connectivity index (χ4v) is 3.50. The van der Waals surface area contributed by atoms with Gasteiger partial charge in [-0.2, -0.15) is 4.31 Å². The number of carbonyl (C=O) groups excluding carboxylic acids is 2. The molecule has 0 radical (unpaired) electrons. The molecule has 2 aromatic rings. The van der Waals surface area contributed by atoms with Gasteiger partial charge in [0.25, 0.3) is 0 Å². The van der Waals surface area contributed by atoms with Gasteiger partial charge in [-0.3, -0.25) is 9.59 Å². The Hall–Kier alpha value is -2.71. The molecule has 0 unspecified atom stereocenters. The van der Waals surface area contributed by atoms with Crippen LogP contribution in [0.4, 0.5) is 5.69 Å². The van der Waals surface area contributed by atoms with Crippen LogP contribution in [-0.4, -0.2) is 38.2 Å². The number of amides is 1. The molecule has 1 amide bonds. The summed E-state index contributed by atoms with van der Waals surface area (Å²) >= 11 is 0. The minimum absolute atomic E-state index is 0.0167. The lowest BCUT2D eigenvalue weighted by Crippen LogP contribution is -2.33. The van der Waals surface area contributed by atoms with Gasteiger partial charge in [-0.05, 0) is 36.8 Å². The fourth-order valence-electron chi connectivity index (χ4n) is 2.39. The number of sulfonamides is 1. The molecule has 27 heavy (non-hydrogen) atoms. The van der Waals surface area contributed by atoms with E-state index in [1.165, 1.54) is 38.2 Å². The van der Waals surface area contributed by atoms with E-state index in [1.807, 2.05) is 30.3 Å². The fraction of sp³-hybridized carbons (Fsp3) is 0.263. The van der Waals surface area contributed by atoms with Gasteiger partial charge in [0.1, 0.15) is 12.6 Å². The van der Waals surface area contributed by atoms with E-state index in [4.69, 9.17) is 4.74 Å². The Kier molecular flexibility index (Phi) is 6.70. The van der Waals surface area contributed by atoms with Gasteiger partial charge in [-0.25, -0.2) is 8.42 Å². The topological polar surface area (TPSA) is 92.8 Å². The maximum atomic E-state index is 12.6. The predicted molar refractivity (Wildman–Crippen MR) is 102 cm³/mol. The van der Waals surface area contributed by atoms with Gasteiger partial charge < -0.3 is 10.1 Å². The SMILES string of the molecule is CC(=O)Nc1ccc(S(=O)(=O)N(C)CC(=O)O[C@@H](C)c2ccccc2)cc1. The molecule has 0 aliphatic heterocycles. The summed E-state index contributed by atoms with van der Waals surface area (Å²) in [4.78, 5) is 23.2. The Morgan fingerprint density at radius 2 is 1.67 bits per heavy atom. The predicted octanol–water partition coefficient (Wildman–Crippen LogP) is 2.57. The minimum atomic E-state index is -3.86. The summed E-state index contributed by atoms with van der Waals surface area (Å²) in [6, 6.07) is 14.9. The molecule has 1 N–H and O–H groups in total. The first kappa shape index (κ1) is 20.6. The van der Waals surface area contributed by atoms with E-state index in [9.17, 15) is 18.0 Å². The second-order valence-electron chi connectivity index (χ2n) is 6.01. The average Bonchev–Trinajstić information content (AvgIpc) is 2.62. The van der Waals surface area contributed by atoms with Crippen molar-refractivity contribution in [1.29, 1.82) is 0 Å². The summed E-state index contributed by atoms with van der Waals surface area (Å²) in [5, 5.41) is 2.56. The third-order valence-corrected chi connectivity index (χ3v) is 5.63. The molecular weight excluding hydrogens is 368 g/mol. The maximum Gasteiger partial charge on any atom is 0.321 e. The summed E-state index contributed by atoms with van der Waals surface area (Å²) in [5.74, 6) is -0.898. The number of ether oxygens (including phenoxy) is 1. The van der Waals surface area contributed by atoms with Crippen molar-refractivity contribution >= 4 is 27.6 Å². The molecule has 0 aliphatic rings. The number of carbonyl (C=O) groups is 2. The van der Waals surface area contributed by atoms with Crippen molar-refractivity contribution in [3.05, 3.63) is 60.2 Å². The Morgan fingerprint density at radius 1 is 1.07 bits per heavy atom. The molecule has 7 nitrogen and oxygen atoms in total. The van der Waals surface area contributed by atoms with E-state index < -0.39 is 28.6 Å². The van der Waals surface area contributed by atoms with E-state index in [0.717, 1.165) is 9.87 Å². The van der Waals surface area contributed by atoms with Gasteiger partial charge in [0.05, 0.1) is 4.90 Å². The van der Waals surface area contributed by atoms with E-state index in [-0.39, 0.29) is 10.8 Å². The quantitative estimate of drug-likeness (QED) is 0.734. The molecule has 8 heteroatoms. The van der Waals surface area contributed by atoms with E-state index in [2.05, 4.69) is 5.32 Å². The van der Waals surface area contributed by atoms with E-state index in [0.29, 0.717) is 5.69 Å². The summed E-state index contributed by atoms with van der Waals surface area (Å²) in [5.41, 5.74) is 1.31. The Morgan fingerprint density at radius 3 is 2.22 bits per heavy atom. The first-order chi connectivity index (χ1) is 12.7. The molecule has 0 spiro atoms. The monoisotopic (exact) mass is 390 g/mol. The molecule has 0 aliphatic carbocycles. The number of rotatable bonds is 7. The van der Waals surface area contributed by atoms with Crippen LogP contribution in [0.2, 0.25) is 0 Å². The molecule has 0 bridgehead atoms. The highest BCUT2D eigenvalue weighted by molar-refractivity contribution is 7.89. The van der Waals surface area contributed by atoms with Crippen LogP contribution in [0.1, 0.15) is 25.5 Å². The molecule has 0 fully saturated rings. The van der Waals surface area contributed by atoms with Crippen molar-refractivity contribution in [2.24, 2.45) is 0 Å². The zero-order valence-electron chi connectivity index (χ0n) is 15.4. The Bertz CT molecular complexity index is 895. The molecule has 2 rings (SSSR count). The highest BCUT2D eigenvalue weighted by atomic mass is 32.2. The second-order valence-corrected chi connectivity index (χ2v) is 8.05. The minimum Gasteiger partial charge on any atom is -0.457 e. The van der Waals surface area contributed by atoms with Gasteiger partial charge >= 0.3 is 5.97 Å². The van der Waals surface area contributed by atoms with Crippen molar-refractivity contribution in [3.63, 3.8) is 0 Å². The number of benzene rings is 2. The lowest BCUT2D eigenvalue weighted by atomic mass is 10.1. The summed E-state index contributed by atoms with van der Waals surface area (Å²) in [6.45, 7) is 2.68. The van der Waals surface area contributed by atoms with Crippen LogP contribution in [0.25, 0.3) is 0 Å². The Balaban J connectivity index is 2.01. The Labute approximate surface area is 159 Å². The number of nitrogens with zero attached hydrogens (tertiary/aromatic N) is 1. The third kappa shape index (κ3) is 5.63. The molecule has 0 heterocycles. The molecular formula is C19H22N2O5S. The van der Waals surface area contributed by atoms with Crippen molar-refractivity contribution in [2.45, 2.75) is 24.8 Å². The summed E-state index contributed by atoms with van der Waals surface area (Å²) in [6.07, 6.45) is -0.480. The van der Waals surface area contributed by atoms with Crippen molar-refractivity contribution in [2.75, 3.05) is 18.9 Å². The van der Waals surface area contributed by atoms with Gasteiger partial charge in [0.15, 0.2) is 0 Å². The molecule has 1 atom stereocenters. The van der Waals surface area contributed by atoms with E-state index >= 15 is 0 Å². The smallest absolute Gasteiger partial charge is 0.321 e. The van der Waals surface area contributed by atoms with Crippen LogP contribution in [0, 0.1) is 0 Å². The maximum absolute atomic E-state index is 12.6. The summed E-state index contributed by atoms with van der Waals surface area (Å²) in [7, 11) is -2.55. The third-order valence-electron chi connectivity index (χ3n) is 3.81. The van der Waals surface area contributed by atoms with Crippen molar-refractivity contribution < 1.29 is 22.7 Å². The molecule has 0 aromatic heterocycles. The second kappa shape index (κ2) is 8.79. The lowest BCUT2D eigenvalue weighted by Gasteiger charge is -2.19. The van der Waals surface area contributed by atoms with Crippen LogP contribution >= 0.6 is 0 Å². The summed E-state index contributed by atoms with van der Waals surface area (Å²) < 4.78 is 31.4. The van der Waals surface area contributed by atoms with Crippen LogP contribution in [-0.2, 0) is 24.3 Å².